The highest BCUT2D eigenvalue weighted by molar-refractivity contribution is 6.71. The molecule has 0 N–H and O–H groups in total. The van der Waals surface area contributed by atoms with Crippen LogP contribution in [0.5, 0.6) is 0 Å². The Bertz CT molecular complexity index is 203. The van der Waals surface area contributed by atoms with Gasteiger partial charge in [0.25, 0.3) is 0 Å². The summed E-state index contributed by atoms with van der Waals surface area (Å²) in [5, 5.41) is 0. The lowest BCUT2D eigenvalue weighted by Gasteiger charge is -2.36. The minimum Gasteiger partial charge on any atom is -0.414 e. The van der Waals surface area contributed by atoms with Gasteiger partial charge in [-0.1, -0.05) is 19.9 Å². The highest BCUT2D eigenvalue weighted by Crippen LogP contribution is 2.32. The maximum absolute atomic E-state index is 6.33. The predicted molar refractivity (Wildman–Crippen MR) is 69.5 cm³/mol. The van der Waals surface area contributed by atoms with Gasteiger partial charge in [-0.25, -0.2) is 0 Å². The molecule has 0 aromatic rings. The van der Waals surface area contributed by atoms with E-state index in [1.54, 1.807) is 0 Å². The van der Waals surface area contributed by atoms with Crippen molar-refractivity contribution < 1.29 is 4.43 Å². The van der Waals surface area contributed by atoms with E-state index < -0.39 is 8.32 Å². The van der Waals surface area contributed by atoms with Crippen LogP contribution in [0.15, 0.2) is 12.7 Å². The van der Waals surface area contributed by atoms with Gasteiger partial charge in [-0.05, 0) is 50.2 Å². The van der Waals surface area contributed by atoms with Crippen LogP contribution in [-0.2, 0) is 4.43 Å². The molecule has 2 atom stereocenters. The first-order valence-corrected chi connectivity index (χ1v) is 9.33. The van der Waals surface area contributed by atoms with Crippen molar-refractivity contribution in [2.45, 2.75) is 58.4 Å². The Hall–Kier alpha value is -0.0831. The van der Waals surface area contributed by atoms with Crippen LogP contribution in [0.3, 0.4) is 0 Å². The molecule has 1 fully saturated rings. The summed E-state index contributed by atoms with van der Waals surface area (Å²) in [6.45, 7) is 13.1. The van der Waals surface area contributed by atoms with Gasteiger partial charge in [-0.3, -0.25) is 0 Å². The first-order chi connectivity index (χ1) is 6.93. The van der Waals surface area contributed by atoms with Crippen LogP contribution in [0, 0.1) is 11.8 Å². The van der Waals surface area contributed by atoms with E-state index in [0.29, 0.717) is 6.10 Å². The molecule has 2 unspecified atom stereocenters. The topological polar surface area (TPSA) is 9.23 Å². The molecular weight excluding hydrogens is 200 g/mol. The highest BCUT2D eigenvalue weighted by Gasteiger charge is 2.30. The number of hydrogen-bond acceptors (Lipinski definition) is 1. The second-order valence-corrected chi connectivity index (χ2v) is 10.1. The Labute approximate surface area is 96.0 Å². The zero-order valence-corrected chi connectivity index (χ0v) is 11.8. The molecule has 88 valence electrons. The van der Waals surface area contributed by atoms with E-state index in [1.807, 2.05) is 6.08 Å². The molecule has 0 aromatic carbocycles. The van der Waals surface area contributed by atoms with Gasteiger partial charge >= 0.3 is 0 Å². The maximum atomic E-state index is 6.33. The molecule has 0 saturated heterocycles. The molecule has 0 amide bonds. The molecule has 0 spiro atoms. The Morgan fingerprint density at radius 2 is 1.73 bits per heavy atom. The molecule has 0 heterocycles. The Morgan fingerprint density at radius 1 is 1.20 bits per heavy atom. The van der Waals surface area contributed by atoms with Gasteiger partial charge < -0.3 is 4.43 Å². The lowest BCUT2D eigenvalue weighted by Crippen LogP contribution is -2.38. The van der Waals surface area contributed by atoms with Gasteiger partial charge in [0.05, 0.1) is 0 Å². The van der Waals surface area contributed by atoms with Gasteiger partial charge in [0.2, 0.25) is 0 Å². The van der Waals surface area contributed by atoms with Crippen LogP contribution >= 0.6 is 0 Å². The van der Waals surface area contributed by atoms with E-state index in [2.05, 4.69) is 33.5 Å². The lowest BCUT2D eigenvalue weighted by atomic mass is 9.82. The SMILES string of the molecule is C=CC[Si](C)(C)OC1CC(C)CC(C)C1. The summed E-state index contributed by atoms with van der Waals surface area (Å²) >= 11 is 0. The third-order valence-corrected chi connectivity index (χ3v) is 5.50. The zero-order valence-electron chi connectivity index (χ0n) is 10.8. The second kappa shape index (κ2) is 5.31. The summed E-state index contributed by atoms with van der Waals surface area (Å²) in [5.41, 5.74) is 0. The standard InChI is InChI=1S/C13H26OSi/c1-6-7-15(4,5)14-13-9-11(2)8-12(3)10-13/h6,11-13H,1,7-10H2,2-5H3. The monoisotopic (exact) mass is 226 g/mol. The van der Waals surface area contributed by atoms with E-state index in [0.717, 1.165) is 17.9 Å². The Morgan fingerprint density at radius 3 is 2.20 bits per heavy atom. The summed E-state index contributed by atoms with van der Waals surface area (Å²) in [4.78, 5) is 0. The molecule has 2 heteroatoms. The third-order valence-electron chi connectivity index (χ3n) is 3.26. The zero-order chi connectivity index (χ0) is 11.5. The van der Waals surface area contributed by atoms with Gasteiger partial charge in [-0.2, -0.15) is 0 Å². The van der Waals surface area contributed by atoms with Crippen molar-refractivity contribution >= 4 is 8.32 Å². The highest BCUT2D eigenvalue weighted by atomic mass is 28.4. The molecule has 1 aliphatic rings. The quantitative estimate of drug-likeness (QED) is 0.515. The summed E-state index contributed by atoms with van der Waals surface area (Å²) in [5.74, 6) is 1.68. The fourth-order valence-electron chi connectivity index (χ4n) is 2.82. The van der Waals surface area contributed by atoms with E-state index in [1.165, 1.54) is 19.3 Å². The summed E-state index contributed by atoms with van der Waals surface area (Å²) in [6, 6.07) is 1.08. The molecule has 0 aliphatic heterocycles. The fourth-order valence-corrected chi connectivity index (χ4v) is 4.70. The first kappa shape index (κ1) is 13.0. The van der Waals surface area contributed by atoms with Crippen molar-refractivity contribution in [3.63, 3.8) is 0 Å². The smallest absolute Gasteiger partial charge is 0.190 e. The van der Waals surface area contributed by atoms with Crippen molar-refractivity contribution in [3.05, 3.63) is 12.7 Å². The number of allylic oxidation sites excluding steroid dienone is 1. The van der Waals surface area contributed by atoms with E-state index >= 15 is 0 Å². The first-order valence-electron chi connectivity index (χ1n) is 6.21. The van der Waals surface area contributed by atoms with Crippen molar-refractivity contribution in [2.24, 2.45) is 11.8 Å². The lowest BCUT2D eigenvalue weighted by molar-refractivity contribution is 0.0943. The number of hydrogen-bond donors (Lipinski definition) is 0. The predicted octanol–water partition coefficient (Wildman–Crippen LogP) is 4.22. The average Bonchev–Trinajstić information content (AvgIpc) is 1.99. The van der Waals surface area contributed by atoms with Crippen LogP contribution < -0.4 is 0 Å². The van der Waals surface area contributed by atoms with Gasteiger partial charge in [-0.15, -0.1) is 6.58 Å². The Balaban J connectivity index is 2.46. The summed E-state index contributed by atoms with van der Waals surface area (Å²) < 4.78 is 6.33. The molecule has 15 heavy (non-hydrogen) atoms. The number of rotatable bonds is 4. The van der Waals surface area contributed by atoms with Crippen molar-refractivity contribution in [2.75, 3.05) is 0 Å². The third kappa shape index (κ3) is 4.52. The van der Waals surface area contributed by atoms with Gasteiger partial charge in [0.15, 0.2) is 8.32 Å². The largest absolute Gasteiger partial charge is 0.414 e. The van der Waals surface area contributed by atoms with E-state index in [-0.39, 0.29) is 0 Å². The van der Waals surface area contributed by atoms with Crippen LogP contribution in [0.4, 0.5) is 0 Å². The molecule has 0 bridgehead atoms. The molecular formula is C13H26OSi. The van der Waals surface area contributed by atoms with Crippen LogP contribution in [-0.4, -0.2) is 14.4 Å². The minimum atomic E-state index is -1.47. The molecule has 1 aliphatic carbocycles. The van der Waals surface area contributed by atoms with Crippen molar-refractivity contribution in [3.8, 4) is 0 Å². The second-order valence-electron chi connectivity index (χ2n) is 5.91. The van der Waals surface area contributed by atoms with Crippen molar-refractivity contribution in [1.82, 2.24) is 0 Å². The summed E-state index contributed by atoms with van der Waals surface area (Å²) in [7, 11) is -1.47. The summed E-state index contributed by atoms with van der Waals surface area (Å²) in [6.07, 6.45) is 6.44. The molecule has 0 aromatic heterocycles. The van der Waals surface area contributed by atoms with E-state index in [9.17, 15) is 0 Å². The van der Waals surface area contributed by atoms with Crippen LogP contribution in [0.2, 0.25) is 19.1 Å². The normalized spacial score (nSPS) is 32.7. The molecule has 0 radical (unpaired) electrons. The average molecular weight is 226 g/mol. The minimum absolute atomic E-state index is 0.519. The fraction of sp³-hybridized carbons (Fsp3) is 0.846. The van der Waals surface area contributed by atoms with E-state index in [4.69, 9.17) is 4.43 Å². The van der Waals surface area contributed by atoms with Gasteiger partial charge in [0, 0.05) is 6.10 Å². The van der Waals surface area contributed by atoms with Gasteiger partial charge in [0.1, 0.15) is 0 Å². The maximum Gasteiger partial charge on any atom is 0.190 e. The van der Waals surface area contributed by atoms with Crippen LogP contribution in [0.1, 0.15) is 33.1 Å². The van der Waals surface area contributed by atoms with Crippen LogP contribution in [0.25, 0.3) is 0 Å². The molecule has 1 rings (SSSR count). The molecule has 1 saturated carbocycles. The van der Waals surface area contributed by atoms with Crippen molar-refractivity contribution in [1.29, 1.82) is 0 Å². The molecule has 1 nitrogen and oxygen atoms in total. The Kier molecular flexibility index (Phi) is 4.59.